The van der Waals surface area contributed by atoms with Crippen molar-refractivity contribution >= 4 is 34.3 Å². The minimum Gasteiger partial charge on any atom is -0.366 e. The fraction of sp³-hybridized carbons (Fsp3) is 0.0556. The third-order valence-electron chi connectivity index (χ3n) is 3.69. The summed E-state index contributed by atoms with van der Waals surface area (Å²) in [6.07, 6.45) is -0.468. The number of H-pyrrole nitrogens is 1. The molecule has 8 heteroatoms. The highest BCUT2D eigenvalue weighted by Gasteiger charge is 2.19. The van der Waals surface area contributed by atoms with Gasteiger partial charge in [0.15, 0.2) is 0 Å². The number of aromatic amines is 1. The number of Topliss-reactive ketones (excluding diaryl/α,β-unsaturated/α-hetero) is 1. The number of ketones is 1. The maximum atomic E-state index is 12.2. The van der Waals surface area contributed by atoms with Crippen molar-refractivity contribution in [1.82, 2.24) is 9.97 Å². The van der Waals surface area contributed by atoms with Crippen LogP contribution in [0.25, 0.3) is 11.0 Å². The summed E-state index contributed by atoms with van der Waals surface area (Å²) in [4.78, 5) is 54.4. The van der Waals surface area contributed by atoms with Gasteiger partial charge in [0.1, 0.15) is 5.69 Å². The van der Waals surface area contributed by atoms with E-state index in [2.05, 4.69) is 15.3 Å². The molecule has 3 aromatic rings. The van der Waals surface area contributed by atoms with Crippen LogP contribution in [0.1, 0.15) is 16.1 Å². The molecule has 0 spiro atoms. The quantitative estimate of drug-likeness (QED) is 0.584. The highest BCUT2D eigenvalue weighted by Crippen LogP contribution is 2.14. The van der Waals surface area contributed by atoms with E-state index in [9.17, 15) is 19.2 Å². The lowest BCUT2D eigenvalue weighted by Gasteiger charge is -2.08. The first-order valence-corrected chi connectivity index (χ1v) is 7.66. The number of hydrogen-bond acceptors (Lipinski definition) is 5. The van der Waals surface area contributed by atoms with E-state index < -0.39 is 29.6 Å². The largest absolute Gasteiger partial charge is 0.366 e. The zero-order chi connectivity index (χ0) is 18.7. The topological polar surface area (TPSA) is 135 Å². The summed E-state index contributed by atoms with van der Waals surface area (Å²) >= 11 is 0. The van der Waals surface area contributed by atoms with Crippen LogP contribution >= 0.6 is 0 Å². The first-order valence-electron chi connectivity index (χ1n) is 7.66. The van der Waals surface area contributed by atoms with Crippen LogP contribution in [0.4, 0.5) is 5.69 Å². The predicted molar refractivity (Wildman–Crippen MR) is 94.7 cm³/mol. The number of para-hydroxylation sites is 3. The zero-order valence-electron chi connectivity index (χ0n) is 13.5. The fourth-order valence-electron chi connectivity index (χ4n) is 2.42. The van der Waals surface area contributed by atoms with Crippen LogP contribution in [0, 0.1) is 0 Å². The molecule has 0 fully saturated rings. The molecule has 0 saturated heterocycles. The van der Waals surface area contributed by atoms with Gasteiger partial charge in [0.2, 0.25) is 5.78 Å². The van der Waals surface area contributed by atoms with Gasteiger partial charge in [-0.1, -0.05) is 24.3 Å². The fourth-order valence-corrected chi connectivity index (χ4v) is 2.42. The average molecular weight is 350 g/mol. The van der Waals surface area contributed by atoms with Crippen molar-refractivity contribution in [2.24, 2.45) is 5.73 Å². The van der Waals surface area contributed by atoms with Crippen LogP contribution in [0.15, 0.2) is 53.3 Å². The van der Waals surface area contributed by atoms with E-state index in [0.717, 1.165) is 0 Å². The van der Waals surface area contributed by atoms with E-state index >= 15 is 0 Å². The highest BCUT2D eigenvalue weighted by atomic mass is 16.2. The third-order valence-corrected chi connectivity index (χ3v) is 3.69. The Labute approximate surface area is 147 Å². The Hall–Kier alpha value is -3.81. The van der Waals surface area contributed by atoms with Crippen LogP contribution in [0.3, 0.4) is 0 Å². The Morgan fingerprint density at radius 2 is 1.73 bits per heavy atom. The molecule has 0 radical (unpaired) electrons. The molecule has 0 aliphatic rings. The highest BCUT2D eigenvalue weighted by molar-refractivity contribution is 6.41. The van der Waals surface area contributed by atoms with Gasteiger partial charge in [0, 0.05) is 0 Å². The van der Waals surface area contributed by atoms with Gasteiger partial charge in [0.05, 0.1) is 28.7 Å². The monoisotopic (exact) mass is 350 g/mol. The van der Waals surface area contributed by atoms with Crippen molar-refractivity contribution in [3.05, 3.63) is 70.1 Å². The summed E-state index contributed by atoms with van der Waals surface area (Å²) in [7, 11) is 0. The van der Waals surface area contributed by atoms with Crippen molar-refractivity contribution < 1.29 is 14.4 Å². The molecular formula is C18H14N4O4. The summed E-state index contributed by atoms with van der Waals surface area (Å²) in [6, 6.07) is 12.9. The van der Waals surface area contributed by atoms with Crippen molar-refractivity contribution in [2.75, 3.05) is 5.32 Å². The number of amides is 2. The normalized spacial score (nSPS) is 10.5. The number of carbonyl (C=O) groups is 3. The van der Waals surface area contributed by atoms with Gasteiger partial charge in [-0.3, -0.25) is 19.2 Å². The van der Waals surface area contributed by atoms with Crippen LogP contribution in [0.2, 0.25) is 0 Å². The van der Waals surface area contributed by atoms with E-state index in [1.54, 1.807) is 36.4 Å². The lowest BCUT2D eigenvalue weighted by molar-refractivity contribution is -0.134. The van der Waals surface area contributed by atoms with Crippen LogP contribution in [0.5, 0.6) is 0 Å². The Kier molecular flexibility index (Phi) is 4.57. The molecule has 0 aliphatic carbocycles. The molecule has 0 aliphatic heterocycles. The number of benzene rings is 2. The maximum Gasteiger partial charge on any atom is 0.292 e. The summed E-state index contributed by atoms with van der Waals surface area (Å²) < 4.78 is 0. The number of anilines is 1. The van der Waals surface area contributed by atoms with E-state index in [1.165, 1.54) is 12.1 Å². The second kappa shape index (κ2) is 6.98. The first kappa shape index (κ1) is 17.0. The van der Waals surface area contributed by atoms with Gasteiger partial charge in [-0.25, -0.2) is 4.98 Å². The van der Waals surface area contributed by atoms with Gasteiger partial charge in [-0.15, -0.1) is 0 Å². The first-order chi connectivity index (χ1) is 12.5. The lowest BCUT2D eigenvalue weighted by atomic mass is 10.1. The number of fused-ring (bicyclic) bond motifs is 1. The van der Waals surface area contributed by atoms with Crippen molar-refractivity contribution in [1.29, 1.82) is 0 Å². The van der Waals surface area contributed by atoms with Crippen LogP contribution in [-0.4, -0.2) is 27.6 Å². The molecule has 4 N–H and O–H groups in total. The Morgan fingerprint density at radius 3 is 2.50 bits per heavy atom. The Balaban J connectivity index is 1.80. The van der Waals surface area contributed by atoms with Crippen LogP contribution < -0.4 is 16.6 Å². The third kappa shape index (κ3) is 3.48. The molecule has 1 aromatic heterocycles. The summed E-state index contributed by atoms with van der Waals surface area (Å²) in [5, 5.41) is 2.34. The number of hydrogen-bond donors (Lipinski definition) is 3. The molecular weight excluding hydrogens is 336 g/mol. The number of carbonyl (C=O) groups excluding carboxylic acids is 3. The van der Waals surface area contributed by atoms with Crippen molar-refractivity contribution in [3.8, 4) is 0 Å². The second-order valence-corrected chi connectivity index (χ2v) is 5.49. The minimum absolute atomic E-state index is 0.0629. The smallest absolute Gasteiger partial charge is 0.292 e. The molecule has 26 heavy (non-hydrogen) atoms. The summed E-state index contributed by atoms with van der Waals surface area (Å²) in [6.45, 7) is 0. The van der Waals surface area contributed by atoms with Gasteiger partial charge in [-0.2, -0.15) is 0 Å². The molecule has 130 valence electrons. The number of nitrogens with two attached hydrogens (primary N) is 1. The van der Waals surface area contributed by atoms with E-state index in [0.29, 0.717) is 11.0 Å². The molecule has 1 heterocycles. The lowest BCUT2D eigenvalue weighted by Crippen LogP contribution is -2.29. The molecule has 3 rings (SSSR count). The SMILES string of the molecule is NC(=O)c1ccccc1NC(=O)C(=O)Cc1nc2ccccc2[nH]c1=O. The molecule has 0 bridgehead atoms. The second-order valence-electron chi connectivity index (χ2n) is 5.49. The maximum absolute atomic E-state index is 12.2. The van der Waals surface area contributed by atoms with Crippen molar-refractivity contribution in [2.45, 2.75) is 6.42 Å². The van der Waals surface area contributed by atoms with Crippen LogP contribution in [-0.2, 0) is 16.0 Å². The minimum atomic E-state index is -0.965. The van der Waals surface area contributed by atoms with Gasteiger partial charge < -0.3 is 16.0 Å². The van der Waals surface area contributed by atoms with E-state index in [4.69, 9.17) is 5.73 Å². The van der Waals surface area contributed by atoms with Crippen molar-refractivity contribution in [3.63, 3.8) is 0 Å². The molecule has 2 amide bonds. The van der Waals surface area contributed by atoms with E-state index in [1.807, 2.05) is 0 Å². The van der Waals surface area contributed by atoms with Gasteiger partial charge >= 0.3 is 0 Å². The summed E-state index contributed by atoms with van der Waals surface area (Å²) in [5.41, 5.74) is 5.88. The van der Waals surface area contributed by atoms with Gasteiger partial charge in [0.25, 0.3) is 17.4 Å². The van der Waals surface area contributed by atoms with E-state index in [-0.39, 0.29) is 16.9 Å². The number of aromatic nitrogens is 2. The Morgan fingerprint density at radius 1 is 1.04 bits per heavy atom. The van der Waals surface area contributed by atoms with Gasteiger partial charge in [-0.05, 0) is 24.3 Å². The molecule has 0 saturated carbocycles. The average Bonchev–Trinajstić information content (AvgIpc) is 2.62. The molecule has 2 aromatic carbocycles. The number of nitrogens with one attached hydrogen (secondary N) is 2. The number of primary amides is 1. The predicted octanol–water partition coefficient (Wildman–Crippen LogP) is 0.772. The number of rotatable bonds is 5. The number of nitrogens with zero attached hydrogens (tertiary/aromatic N) is 1. The standard InChI is InChI=1S/C18H14N4O4/c19-16(24)10-5-1-2-6-11(10)21-18(26)15(23)9-14-17(25)22-13-8-4-3-7-12(13)20-14/h1-8H,9H2,(H2,19,24)(H,21,26)(H,22,25). The molecule has 8 nitrogen and oxygen atoms in total. The summed E-state index contributed by atoms with van der Waals surface area (Å²) in [5.74, 6) is -2.56. The zero-order valence-corrected chi connectivity index (χ0v) is 13.5. The molecule has 0 atom stereocenters. The molecule has 0 unspecified atom stereocenters. The Bertz CT molecular complexity index is 1090.